The van der Waals surface area contributed by atoms with E-state index in [0.717, 1.165) is 4.31 Å². The third kappa shape index (κ3) is 6.66. The van der Waals surface area contributed by atoms with Gasteiger partial charge in [-0.05, 0) is 61.5 Å². The SMILES string of the molecule is Cc1ccnc(NS(=O)(=O)c2ccc(NC(=O)CN(c3cccc(Cl)c3Cl)S(=O)(=O)c3ccccc3)cc2)n1. The minimum atomic E-state index is -4.21. The highest BCUT2D eigenvalue weighted by Crippen LogP contribution is 2.35. The third-order valence-corrected chi connectivity index (χ3v) is 9.21. The standard InChI is InChI=1S/C25H21Cl2N5O5S2/c1-17-14-15-28-25(29-17)31-38(34,35)19-12-10-18(11-13-19)30-23(33)16-32(22-9-5-8-21(26)24(22)27)39(36,37)20-6-3-2-4-7-20/h2-15H,16H2,1H3,(H,30,33)(H,28,29,31). The molecular formula is C25H21Cl2N5O5S2. The smallest absolute Gasteiger partial charge is 0.264 e. The molecule has 3 aromatic carbocycles. The lowest BCUT2D eigenvalue weighted by molar-refractivity contribution is -0.114. The summed E-state index contributed by atoms with van der Waals surface area (Å²) in [5.41, 5.74) is 0.845. The van der Waals surface area contributed by atoms with Gasteiger partial charge in [0, 0.05) is 17.6 Å². The summed E-state index contributed by atoms with van der Waals surface area (Å²) in [4.78, 5) is 20.7. The number of carbonyl (C=O) groups excluding carboxylic acids is 1. The minimum Gasteiger partial charge on any atom is -0.325 e. The summed E-state index contributed by atoms with van der Waals surface area (Å²) in [7, 11) is -8.20. The van der Waals surface area contributed by atoms with Crippen LogP contribution in [0.4, 0.5) is 17.3 Å². The van der Waals surface area contributed by atoms with Crippen molar-refractivity contribution in [1.29, 1.82) is 0 Å². The van der Waals surface area contributed by atoms with Gasteiger partial charge in [-0.3, -0.25) is 9.10 Å². The molecule has 0 fully saturated rings. The Labute approximate surface area is 235 Å². The first-order valence-corrected chi connectivity index (χ1v) is 14.9. The molecule has 0 radical (unpaired) electrons. The number of hydrogen-bond donors (Lipinski definition) is 2. The zero-order valence-corrected chi connectivity index (χ0v) is 23.4. The Morgan fingerprint density at radius 3 is 2.23 bits per heavy atom. The van der Waals surface area contributed by atoms with Crippen molar-refractivity contribution in [3.05, 3.63) is 101 Å². The highest BCUT2D eigenvalue weighted by Gasteiger charge is 2.29. The van der Waals surface area contributed by atoms with E-state index in [1.165, 1.54) is 60.8 Å². The molecule has 202 valence electrons. The summed E-state index contributed by atoms with van der Waals surface area (Å²) in [6.07, 6.45) is 1.43. The highest BCUT2D eigenvalue weighted by molar-refractivity contribution is 7.93. The summed E-state index contributed by atoms with van der Waals surface area (Å²) >= 11 is 12.4. The zero-order chi connectivity index (χ0) is 28.2. The molecule has 0 spiro atoms. The highest BCUT2D eigenvalue weighted by atomic mass is 35.5. The van der Waals surface area contributed by atoms with Gasteiger partial charge in [0.15, 0.2) is 0 Å². The average molecular weight is 607 g/mol. The van der Waals surface area contributed by atoms with Crippen molar-refractivity contribution in [3.8, 4) is 0 Å². The number of amides is 1. The van der Waals surface area contributed by atoms with E-state index in [1.54, 1.807) is 31.2 Å². The van der Waals surface area contributed by atoms with Crippen LogP contribution in [0.15, 0.2) is 94.9 Å². The number of aromatic nitrogens is 2. The van der Waals surface area contributed by atoms with Gasteiger partial charge in [-0.25, -0.2) is 31.5 Å². The van der Waals surface area contributed by atoms with Crippen LogP contribution >= 0.6 is 23.2 Å². The second-order valence-electron chi connectivity index (χ2n) is 8.10. The number of aryl methyl sites for hydroxylation is 1. The fourth-order valence-corrected chi connectivity index (χ4v) is 6.28. The number of anilines is 3. The van der Waals surface area contributed by atoms with Crippen LogP contribution in [-0.4, -0.2) is 39.3 Å². The van der Waals surface area contributed by atoms with Crippen LogP contribution in [0.1, 0.15) is 5.69 Å². The number of halogens is 2. The molecule has 1 aromatic heterocycles. The summed E-state index contributed by atoms with van der Waals surface area (Å²) in [5, 5.41) is 2.65. The number of hydrogen-bond acceptors (Lipinski definition) is 7. The van der Waals surface area contributed by atoms with E-state index in [1.807, 2.05) is 0 Å². The summed E-state index contributed by atoms with van der Waals surface area (Å²) in [5.74, 6) is -0.779. The monoisotopic (exact) mass is 605 g/mol. The van der Waals surface area contributed by atoms with Crippen LogP contribution in [0.5, 0.6) is 0 Å². The minimum absolute atomic E-state index is 0.0223. The maximum Gasteiger partial charge on any atom is 0.264 e. The molecule has 1 heterocycles. The maximum atomic E-state index is 13.5. The Morgan fingerprint density at radius 2 is 1.56 bits per heavy atom. The first-order valence-electron chi connectivity index (χ1n) is 11.2. The van der Waals surface area contributed by atoms with Gasteiger partial charge in [0.05, 0.1) is 25.5 Å². The van der Waals surface area contributed by atoms with Gasteiger partial charge in [-0.15, -0.1) is 0 Å². The molecule has 2 N–H and O–H groups in total. The number of benzene rings is 3. The summed E-state index contributed by atoms with van der Waals surface area (Å²) < 4.78 is 55.4. The van der Waals surface area contributed by atoms with Gasteiger partial charge in [-0.1, -0.05) is 47.5 Å². The first-order chi connectivity index (χ1) is 18.5. The molecule has 0 bridgehead atoms. The molecule has 0 aliphatic heterocycles. The number of rotatable bonds is 9. The van der Waals surface area contributed by atoms with Crippen molar-refractivity contribution in [3.63, 3.8) is 0 Å². The molecule has 1 amide bonds. The second-order valence-corrected chi connectivity index (χ2v) is 12.4. The van der Waals surface area contributed by atoms with E-state index in [2.05, 4.69) is 20.0 Å². The molecule has 14 heteroatoms. The average Bonchev–Trinajstić information content (AvgIpc) is 2.89. The predicted molar refractivity (Wildman–Crippen MR) is 150 cm³/mol. The molecular weight excluding hydrogens is 585 g/mol. The number of nitrogens with one attached hydrogen (secondary N) is 2. The van der Waals surface area contributed by atoms with Crippen LogP contribution in [-0.2, 0) is 24.8 Å². The van der Waals surface area contributed by atoms with Crippen molar-refractivity contribution in [2.24, 2.45) is 0 Å². The largest absolute Gasteiger partial charge is 0.325 e. The van der Waals surface area contributed by atoms with Gasteiger partial charge in [0.25, 0.3) is 20.0 Å². The zero-order valence-electron chi connectivity index (χ0n) is 20.2. The molecule has 4 aromatic rings. The molecule has 39 heavy (non-hydrogen) atoms. The molecule has 0 aliphatic rings. The number of sulfonamides is 2. The van der Waals surface area contributed by atoms with Crippen molar-refractivity contribution in [2.75, 3.05) is 20.9 Å². The van der Waals surface area contributed by atoms with Crippen LogP contribution in [0.2, 0.25) is 10.0 Å². The van der Waals surface area contributed by atoms with Crippen molar-refractivity contribution < 1.29 is 21.6 Å². The van der Waals surface area contributed by atoms with Crippen LogP contribution in [0.3, 0.4) is 0 Å². The Morgan fingerprint density at radius 1 is 0.872 bits per heavy atom. The van der Waals surface area contributed by atoms with Crippen molar-refractivity contribution >= 4 is 66.5 Å². The topological polar surface area (TPSA) is 138 Å². The fourth-order valence-electron chi connectivity index (χ4n) is 3.43. The molecule has 4 rings (SSSR count). The predicted octanol–water partition coefficient (Wildman–Crippen LogP) is 4.73. The van der Waals surface area contributed by atoms with Crippen LogP contribution in [0.25, 0.3) is 0 Å². The van der Waals surface area contributed by atoms with Gasteiger partial charge >= 0.3 is 0 Å². The summed E-state index contributed by atoms with van der Waals surface area (Å²) in [6.45, 7) is 1.06. The van der Waals surface area contributed by atoms with E-state index in [9.17, 15) is 21.6 Å². The Hall–Kier alpha value is -3.71. The van der Waals surface area contributed by atoms with Gasteiger partial charge in [0.1, 0.15) is 6.54 Å². The number of carbonyl (C=O) groups is 1. The lowest BCUT2D eigenvalue weighted by Gasteiger charge is -2.25. The first kappa shape index (κ1) is 28.3. The normalized spacial score (nSPS) is 11.6. The Bertz CT molecular complexity index is 1720. The maximum absolute atomic E-state index is 13.5. The van der Waals surface area contributed by atoms with E-state index in [0.29, 0.717) is 5.69 Å². The van der Waals surface area contributed by atoms with Gasteiger partial charge < -0.3 is 5.32 Å². The fraction of sp³-hybridized carbons (Fsp3) is 0.0800. The Balaban J connectivity index is 1.55. The molecule has 10 nitrogen and oxygen atoms in total. The van der Waals surface area contributed by atoms with E-state index < -0.39 is 32.5 Å². The molecule has 0 atom stereocenters. The third-order valence-electron chi connectivity index (χ3n) is 5.29. The Kier molecular flexibility index (Phi) is 8.40. The molecule has 0 aliphatic carbocycles. The number of nitrogens with zero attached hydrogens (tertiary/aromatic N) is 3. The quantitative estimate of drug-likeness (QED) is 0.281. The van der Waals surface area contributed by atoms with Gasteiger partial charge in [-0.2, -0.15) is 0 Å². The second kappa shape index (κ2) is 11.6. The van der Waals surface area contributed by atoms with E-state index in [4.69, 9.17) is 23.2 Å². The van der Waals surface area contributed by atoms with Crippen molar-refractivity contribution in [2.45, 2.75) is 16.7 Å². The summed E-state index contributed by atoms with van der Waals surface area (Å²) in [6, 6.07) is 18.9. The van der Waals surface area contributed by atoms with Crippen molar-refractivity contribution in [1.82, 2.24) is 9.97 Å². The molecule has 0 saturated heterocycles. The molecule has 0 unspecified atom stereocenters. The lowest BCUT2D eigenvalue weighted by Crippen LogP contribution is -2.38. The van der Waals surface area contributed by atoms with E-state index >= 15 is 0 Å². The lowest BCUT2D eigenvalue weighted by atomic mass is 10.3. The molecule has 0 saturated carbocycles. The van der Waals surface area contributed by atoms with Gasteiger partial charge in [0.2, 0.25) is 11.9 Å². The van der Waals surface area contributed by atoms with E-state index in [-0.39, 0.29) is 37.2 Å². The van der Waals surface area contributed by atoms with Crippen LogP contribution in [0, 0.1) is 6.92 Å². The van der Waals surface area contributed by atoms with Crippen LogP contribution < -0.4 is 14.3 Å².